The van der Waals surface area contributed by atoms with E-state index in [9.17, 15) is 8.42 Å². The molecule has 0 heterocycles. The molecule has 0 spiro atoms. The lowest BCUT2D eigenvalue weighted by Crippen LogP contribution is -2.38. The highest BCUT2D eigenvalue weighted by atomic mass is 32.2. The summed E-state index contributed by atoms with van der Waals surface area (Å²) in [6.45, 7) is 4.16. The van der Waals surface area contributed by atoms with Crippen LogP contribution < -0.4 is 10.5 Å². The summed E-state index contributed by atoms with van der Waals surface area (Å²) < 4.78 is 28.5. The predicted molar refractivity (Wildman–Crippen MR) is 83.4 cm³/mol. The van der Waals surface area contributed by atoms with Gasteiger partial charge in [0, 0.05) is 12.6 Å². The Morgan fingerprint density at radius 2 is 2.00 bits per heavy atom. The number of benzene rings is 1. The normalized spacial score (nSPS) is 28.2. The fourth-order valence-corrected chi connectivity index (χ4v) is 5.63. The van der Waals surface area contributed by atoms with E-state index in [-0.39, 0.29) is 6.04 Å². The fourth-order valence-electron chi connectivity index (χ4n) is 3.95. The topological polar surface area (TPSA) is 72.2 Å². The predicted octanol–water partition coefficient (Wildman–Crippen LogP) is 2.23. The third-order valence-electron chi connectivity index (χ3n) is 5.25. The van der Waals surface area contributed by atoms with Crippen molar-refractivity contribution in [1.29, 1.82) is 0 Å². The maximum absolute atomic E-state index is 12.8. The van der Waals surface area contributed by atoms with Gasteiger partial charge in [-0.2, -0.15) is 0 Å². The molecule has 2 aliphatic carbocycles. The van der Waals surface area contributed by atoms with Gasteiger partial charge in [-0.05, 0) is 67.7 Å². The summed E-state index contributed by atoms with van der Waals surface area (Å²) in [4.78, 5) is 0.394. The van der Waals surface area contributed by atoms with Crippen LogP contribution in [-0.2, 0) is 16.6 Å². The van der Waals surface area contributed by atoms with Crippen LogP contribution in [0, 0.1) is 25.7 Å². The lowest BCUT2D eigenvalue weighted by Gasteiger charge is -2.23. The van der Waals surface area contributed by atoms with Crippen molar-refractivity contribution in [3.8, 4) is 0 Å². The number of aryl methyl sites for hydroxylation is 1. The molecule has 21 heavy (non-hydrogen) atoms. The van der Waals surface area contributed by atoms with Gasteiger partial charge in [-0.3, -0.25) is 0 Å². The molecule has 0 aromatic heterocycles. The molecule has 116 valence electrons. The Balaban J connectivity index is 1.89. The molecular weight excluding hydrogens is 284 g/mol. The molecule has 2 fully saturated rings. The molecule has 3 N–H and O–H groups in total. The van der Waals surface area contributed by atoms with Crippen LogP contribution in [0.3, 0.4) is 0 Å². The molecule has 2 aliphatic rings. The van der Waals surface area contributed by atoms with Crippen LogP contribution in [0.15, 0.2) is 17.0 Å². The average Bonchev–Trinajstić information content (AvgIpc) is 3.03. The van der Waals surface area contributed by atoms with Gasteiger partial charge >= 0.3 is 0 Å². The standard InChI is InChI=1S/C16H24N2O2S/c1-10-5-13(9-17)8-16(11(10)2)21(19,20)18-15-7-12-3-4-14(15)6-12/h5,8,12,14-15,18H,3-4,6-7,9,17H2,1-2H3. The number of hydrogen-bond acceptors (Lipinski definition) is 3. The zero-order chi connectivity index (χ0) is 15.2. The lowest BCUT2D eigenvalue weighted by atomic mass is 9.96. The molecule has 2 saturated carbocycles. The zero-order valence-electron chi connectivity index (χ0n) is 12.7. The van der Waals surface area contributed by atoms with Crippen molar-refractivity contribution < 1.29 is 8.42 Å². The van der Waals surface area contributed by atoms with E-state index in [1.165, 1.54) is 19.3 Å². The molecule has 1 aromatic carbocycles. The van der Waals surface area contributed by atoms with Crippen molar-refractivity contribution in [3.05, 3.63) is 28.8 Å². The van der Waals surface area contributed by atoms with E-state index < -0.39 is 10.0 Å². The molecule has 3 unspecified atom stereocenters. The molecule has 1 aromatic rings. The van der Waals surface area contributed by atoms with E-state index in [0.29, 0.717) is 17.4 Å². The van der Waals surface area contributed by atoms with Crippen LogP contribution in [0.4, 0.5) is 0 Å². The Bertz CT molecular complexity index is 654. The molecule has 0 saturated heterocycles. The van der Waals surface area contributed by atoms with Crippen LogP contribution >= 0.6 is 0 Å². The smallest absolute Gasteiger partial charge is 0.241 e. The first-order valence-electron chi connectivity index (χ1n) is 7.73. The van der Waals surface area contributed by atoms with Gasteiger partial charge in [0.1, 0.15) is 0 Å². The first-order valence-corrected chi connectivity index (χ1v) is 9.21. The van der Waals surface area contributed by atoms with Crippen molar-refractivity contribution >= 4 is 10.0 Å². The van der Waals surface area contributed by atoms with E-state index in [0.717, 1.165) is 29.0 Å². The van der Waals surface area contributed by atoms with E-state index >= 15 is 0 Å². The van der Waals surface area contributed by atoms with Crippen molar-refractivity contribution in [1.82, 2.24) is 4.72 Å². The second-order valence-corrected chi connectivity index (χ2v) is 8.33. The average molecular weight is 308 g/mol. The first kappa shape index (κ1) is 15.0. The van der Waals surface area contributed by atoms with Gasteiger partial charge in [0.15, 0.2) is 0 Å². The Kier molecular flexibility index (Phi) is 3.84. The van der Waals surface area contributed by atoms with Crippen LogP contribution in [-0.4, -0.2) is 14.5 Å². The van der Waals surface area contributed by atoms with Gasteiger partial charge in [-0.1, -0.05) is 12.5 Å². The van der Waals surface area contributed by atoms with Gasteiger partial charge < -0.3 is 5.73 Å². The summed E-state index contributed by atoms with van der Waals surface area (Å²) in [5.41, 5.74) is 8.35. The van der Waals surface area contributed by atoms with Crippen molar-refractivity contribution in [3.63, 3.8) is 0 Å². The largest absolute Gasteiger partial charge is 0.326 e. The monoisotopic (exact) mass is 308 g/mol. The van der Waals surface area contributed by atoms with Gasteiger partial charge in [-0.25, -0.2) is 13.1 Å². The highest BCUT2D eigenvalue weighted by Crippen LogP contribution is 2.44. The van der Waals surface area contributed by atoms with Crippen LogP contribution in [0.5, 0.6) is 0 Å². The molecule has 2 bridgehead atoms. The SMILES string of the molecule is Cc1cc(CN)cc(S(=O)(=O)NC2CC3CCC2C3)c1C. The number of sulfonamides is 1. The van der Waals surface area contributed by atoms with Gasteiger partial charge in [0.25, 0.3) is 0 Å². The number of hydrogen-bond donors (Lipinski definition) is 2. The number of rotatable bonds is 4. The molecule has 3 rings (SSSR count). The quantitative estimate of drug-likeness (QED) is 0.896. The van der Waals surface area contributed by atoms with Crippen molar-refractivity contribution in [2.75, 3.05) is 0 Å². The molecule has 0 aliphatic heterocycles. The lowest BCUT2D eigenvalue weighted by molar-refractivity contribution is 0.390. The Morgan fingerprint density at radius 1 is 1.24 bits per heavy atom. The van der Waals surface area contributed by atoms with E-state index in [1.807, 2.05) is 19.9 Å². The summed E-state index contributed by atoms with van der Waals surface area (Å²) in [5, 5.41) is 0. The van der Waals surface area contributed by atoms with E-state index in [1.54, 1.807) is 6.07 Å². The molecule has 4 nitrogen and oxygen atoms in total. The summed E-state index contributed by atoms with van der Waals surface area (Å²) in [6, 6.07) is 3.80. The minimum atomic E-state index is -3.46. The highest BCUT2D eigenvalue weighted by Gasteiger charge is 2.41. The van der Waals surface area contributed by atoms with Crippen LogP contribution in [0.25, 0.3) is 0 Å². The number of nitrogens with one attached hydrogen (secondary N) is 1. The van der Waals surface area contributed by atoms with E-state index in [4.69, 9.17) is 5.73 Å². The molecular formula is C16H24N2O2S. The summed E-state index contributed by atoms with van der Waals surface area (Å²) in [6.07, 6.45) is 4.62. The van der Waals surface area contributed by atoms with Crippen molar-refractivity contribution in [2.24, 2.45) is 17.6 Å². The first-order chi connectivity index (χ1) is 9.90. The van der Waals surface area contributed by atoms with Crippen molar-refractivity contribution in [2.45, 2.75) is 57.0 Å². The number of nitrogens with two attached hydrogens (primary N) is 1. The van der Waals surface area contributed by atoms with E-state index in [2.05, 4.69) is 4.72 Å². The minimum Gasteiger partial charge on any atom is -0.326 e. The van der Waals surface area contributed by atoms with Gasteiger partial charge in [0.05, 0.1) is 4.90 Å². The maximum Gasteiger partial charge on any atom is 0.241 e. The molecule has 3 atom stereocenters. The van der Waals surface area contributed by atoms with Crippen LogP contribution in [0.1, 0.15) is 42.4 Å². The molecule has 0 amide bonds. The number of fused-ring (bicyclic) bond motifs is 2. The van der Waals surface area contributed by atoms with Crippen LogP contribution in [0.2, 0.25) is 0 Å². The second-order valence-electron chi connectivity index (χ2n) is 6.64. The van der Waals surface area contributed by atoms with Gasteiger partial charge in [0.2, 0.25) is 10.0 Å². The molecule has 0 radical (unpaired) electrons. The maximum atomic E-state index is 12.8. The molecule has 5 heteroatoms. The third kappa shape index (κ3) is 2.74. The fraction of sp³-hybridized carbons (Fsp3) is 0.625. The second kappa shape index (κ2) is 5.38. The zero-order valence-corrected chi connectivity index (χ0v) is 13.5. The Labute approximate surface area is 127 Å². The summed E-state index contributed by atoms with van der Waals surface area (Å²) >= 11 is 0. The highest BCUT2D eigenvalue weighted by molar-refractivity contribution is 7.89. The summed E-state index contributed by atoms with van der Waals surface area (Å²) in [5.74, 6) is 1.25. The summed E-state index contributed by atoms with van der Waals surface area (Å²) in [7, 11) is -3.46. The third-order valence-corrected chi connectivity index (χ3v) is 6.87. The van der Waals surface area contributed by atoms with Gasteiger partial charge in [-0.15, -0.1) is 0 Å². The minimum absolute atomic E-state index is 0.120. The Hall–Kier alpha value is -0.910. The Morgan fingerprint density at radius 3 is 2.57 bits per heavy atom.